The summed E-state index contributed by atoms with van der Waals surface area (Å²) in [5, 5.41) is 13.3. The molecule has 4 heteroatoms. The Hall–Kier alpha value is -0.540. The van der Waals surface area contributed by atoms with E-state index in [1.165, 1.54) is 12.8 Å². The highest BCUT2D eigenvalue weighted by molar-refractivity contribution is 6.67. The van der Waals surface area contributed by atoms with Gasteiger partial charge in [-0.15, -0.1) is 0 Å². The van der Waals surface area contributed by atoms with E-state index in [1.54, 1.807) is 12.3 Å². The van der Waals surface area contributed by atoms with E-state index in [0.717, 1.165) is 13.0 Å². The molecule has 0 aromatic heterocycles. The summed E-state index contributed by atoms with van der Waals surface area (Å²) in [6.07, 6.45) is 6.84. The standard InChI is InChI=1S/C10H20ClN3/c1-9(5-3-4-7-13-2)14-8-6-10(11)12/h6,8-9,12-14H,3-5,7H2,1-2H3/b8-6+,12-10?. The molecular weight excluding hydrogens is 198 g/mol. The maximum Gasteiger partial charge on any atom is 0.122 e. The average molecular weight is 218 g/mol. The van der Waals surface area contributed by atoms with Gasteiger partial charge in [-0.2, -0.15) is 0 Å². The number of hydrogen-bond donors (Lipinski definition) is 3. The molecule has 0 saturated carbocycles. The summed E-state index contributed by atoms with van der Waals surface area (Å²) in [5.74, 6) is 0. The van der Waals surface area contributed by atoms with Crippen LogP contribution in [0.3, 0.4) is 0 Å². The zero-order valence-corrected chi connectivity index (χ0v) is 9.69. The predicted molar refractivity (Wildman–Crippen MR) is 63.1 cm³/mol. The molecule has 0 radical (unpaired) electrons. The van der Waals surface area contributed by atoms with E-state index in [4.69, 9.17) is 17.0 Å². The van der Waals surface area contributed by atoms with E-state index in [2.05, 4.69) is 17.6 Å². The van der Waals surface area contributed by atoms with Gasteiger partial charge in [-0.3, -0.25) is 5.41 Å². The third-order valence-corrected chi connectivity index (χ3v) is 2.05. The summed E-state index contributed by atoms with van der Waals surface area (Å²) < 4.78 is 0. The molecule has 0 aliphatic rings. The molecule has 0 saturated heterocycles. The predicted octanol–water partition coefficient (Wildman–Crippen LogP) is 2.08. The van der Waals surface area contributed by atoms with Crippen molar-refractivity contribution in [2.24, 2.45) is 0 Å². The van der Waals surface area contributed by atoms with Crippen molar-refractivity contribution >= 4 is 16.8 Å². The Kier molecular flexibility index (Phi) is 8.68. The summed E-state index contributed by atoms with van der Waals surface area (Å²) in [7, 11) is 1.97. The molecule has 82 valence electrons. The molecule has 1 atom stereocenters. The van der Waals surface area contributed by atoms with Crippen LogP contribution in [0.2, 0.25) is 0 Å². The van der Waals surface area contributed by atoms with Gasteiger partial charge in [0.1, 0.15) is 5.17 Å². The van der Waals surface area contributed by atoms with Crippen molar-refractivity contribution in [2.45, 2.75) is 32.2 Å². The lowest BCUT2D eigenvalue weighted by Gasteiger charge is -2.10. The van der Waals surface area contributed by atoms with Crippen LogP contribution in [0.25, 0.3) is 0 Å². The van der Waals surface area contributed by atoms with Gasteiger partial charge in [-0.05, 0) is 45.6 Å². The van der Waals surface area contributed by atoms with E-state index in [1.807, 2.05) is 7.05 Å². The van der Waals surface area contributed by atoms with Crippen molar-refractivity contribution in [3.63, 3.8) is 0 Å². The Bertz CT molecular complexity index is 180. The molecule has 0 rings (SSSR count). The Morgan fingerprint density at radius 2 is 2.21 bits per heavy atom. The number of rotatable bonds is 8. The number of hydrogen-bond acceptors (Lipinski definition) is 3. The lowest BCUT2D eigenvalue weighted by atomic mass is 10.1. The van der Waals surface area contributed by atoms with Gasteiger partial charge < -0.3 is 10.6 Å². The molecule has 0 aromatic carbocycles. The zero-order chi connectivity index (χ0) is 10.8. The highest BCUT2D eigenvalue weighted by Crippen LogP contribution is 1.99. The van der Waals surface area contributed by atoms with Crippen LogP contribution in [-0.2, 0) is 0 Å². The largest absolute Gasteiger partial charge is 0.388 e. The van der Waals surface area contributed by atoms with Crippen LogP contribution >= 0.6 is 11.6 Å². The minimum absolute atomic E-state index is 0.0554. The molecule has 3 N–H and O–H groups in total. The molecule has 0 aromatic rings. The van der Waals surface area contributed by atoms with Crippen LogP contribution in [0.1, 0.15) is 26.2 Å². The summed E-state index contributed by atoms with van der Waals surface area (Å²) in [6, 6.07) is 0.444. The lowest BCUT2D eigenvalue weighted by molar-refractivity contribution is 0.537. The Labute approximate surface area is 91.4 Å². The van der Waals surface area contributed by atoms with Crippen LogP contribution < -0.4 is 10.6 Å². The van der Waals surface area contributed by atoms with Crippen LogP contribution in [0, 0.1) is 5.41 Å². The normalized spacial score (nSPS) is 13.1. The summed E-state index contributed by atoms with van der Waals surface area (Å²) in [5.41, 5.74) is 0. The minimum atomic E-state index is 0.0554. The first-order valence-electron chi connectivity index (χ1n) is 4.98. The van der Waals surface area contributed by atoms with Crippen molar-refractivity contribution in [3.8, 4) is 0 Å². The van der Waals surface area contributed by atoms with Crippen LogP contribution in [0.15, 0.2) is 12.3 Å². The van der Waals surface area contributed by atoms with Gasteiger partial charge in [0, 0.05) is 6.04 Å². The van der Waals surface area contributed by atoms with Crippen molar-refractivity contribution in [3.05, 3.63) is 12.3 Å². The van der Waals surface area contributed by atoms with Crippen molar-refractivity contribution in [1.29, 1.82) is 5.41 Å². The second-order valence-electron chi connectivity index (χ2n) is 3.35. The topological polar surface area (TPSA) is 47.9 Å². The molecule has 0 aliphatic heterocycles. The molecule has 14 heavy (non-hydrogen) atoms. The van der Waals surface area contributed by atoms with Crippen molar-refractivity contribution < 1.29 is 0 Å². The minimum Gasteiger partial charge on any atom is -0.388 e. The average Bonchev–Trinajstić information content (AvgIpc) is 2.12. The quantitative estimate of drug-likeness (QED) is 0.431. The third kappa shape index (κ3) is 9.55. The van der Waals surface area contributed by atoms with Gasteiger partial charge in [0.05, 0.1) is 0 Å². The first kappa shape index (κ1) is 13.5. The molecule has 1 unspecified atom stereocenters. The van der Waals surface area contributed by atoms with Gasteiger partial charge in [-0.25, -0.2) is 0 Å². The summed E-state index contributed by atoms with van der Waals surface area (Å²) in [6.45, 7) is 3.20. The van der Waals surface area contributed by atoms with E-state index < -0.39 is 0 Å². The van der Waals surface area contributed by atoms with Gasteiger partial charge >= 0.3 is 0 Å². The zero-order valence-electron chi connectivity index (χ0n) is 8.94. The maximum atomic E-state index is 6.96. The first-order valence-corrected chi connectivity index (χ1v) is 5.36. The van der Waals surface area contributed by atoms with E-state index >= 15 is 0 Å². The second-order valence-corrected chi connectivity index (χ2v) is 3.76. The van der Waals surface area contributed by atoms with E-state index in [0.29, 0.717) is 6.04 Å². The second kappa shape index (κ2) is 9.03. The number of nitrogens with one attached hydrogen (secondary N) is 3. The molecule has 0 fully saturated rings. The number of unbranched alkanes of at least 4 members (excludes halogenated alkanes) is 1. The molecule has 3 nitrogen and oxygen atoms in total. The number of halogens is 1. The van der Waals surface area contributed by atoms with E-state index in [-0.39, 0.29) is 5.17 Å². The Balaban J connectivity index is 3.36. The SMILES string of the molecule is CNCCCCC(C)N/C=C/C(=N)Cl. The summed E-state index contributed by atoms with van der Waals surface area (Å²) >= 11 is 5.36. The third-order valence-electron chi connectivity index (χ3n) is 1.92. The van der Waals surface area contributed by atoms with Gasteiger partial charge in [0.25, 0.3) is 0 Å². The Morgan fingerprint density at radius 3 is 2.79 bits per heavy atom. The van der Waals surface area contributed by atoms with E-state index in [9.17, 15) is 0 Å². The fourth-order valence-corrected chi connectivity index (χ4v) is 1.18. The van der Waals surface area contributed by atoms with Crippen LogP contribution in [0.4, 0.5) is 0 Å². The fourth-order valence-electron chi connectivity index (χ4n) is 1.12. The molecule has 0 aliphatic carbocycles. The van der Waals surface area contributed by atoms with Crippen molar-refractivity contribution in [2.75, 3.05) is 13.6 Å². The monoisotopic (exact) mass is 217 g/mol. The van der Waals surface area contributed by atoms with Gasteiger partial charge in [0.2, 0.25) is 0 Å². The number of allylic oxidation sites excluding steroid dienone is 1. The molecule has 0 heterocycles. The highest BCUT2D eigenvalue weighted by atomic mass is 35.5. The first-order chi connectivity index (χ1) is 6.66. The molecule has 0 bridgehead atoms. The smallest absolute Gasteiger partial charge is 0.122 e. The molecule has 0 spiro atoms. The van der Waals surface area contributed by atoms with Gasteiger partial charge in [0.15, 0.2) is 0 Å². The van der Waals surface area contributed by atoms with Crippen molar-refractivity contribution in [1.82, 2.24) is 10.6 Å². The summed E-state index contributed by atoms with van der Waals surface area (Å²) in [4.78, 5) is 0. The molecular formula is C10H20ClN3. The van der Waals surface area contributed by atoms with Crippen LogP contribution in [0.5, 0.6) is 0 Å². The van der Waals surface area contributed by atoms with Gasteiger partial charge in [-0.1, -0.05) is 18.0 Å². The van der Waals surface area contributed by atoms with Crippen LogP contribution in [-0.4, -0.2) is 24.8 Å². The highest BCUT2D eigenvalue weighted by Gasteiger charge is 1.97. The maximum absolute atomic E-state index is 6.96. The fraction of sp³-hybridized carbons (Fsp3) is 0.700. The molecule has 0 amide bonds. The Morgan fingerprint density at radius 1 is 1.50 bits per heavy atom. The lowest BCUT2D eigenvalue weighted by Crippen LogP contribution is -2.20.